The van der Waals surface area contributed by atoms with Crippen LogP contribution in [-0.2, 0) is 0 Å². The fourth-order valence-corrected chi connectivity index (χ4v) is 2.87. The number of benzene rings is 1. The van der Waals surface area contributed by atoms with E-state index < -0.39 is 0 Å². The van der Waals surface area contributed by atoms with Gasteiger partial charge in [0.05, 0.1) is 10.6 Å². The van der Waals surface area contributed by atoms with Gasteiger partial charge in [-0.1, -0.05) is 18.5 Å². The number of anilines is 1. The maximum absolute atomic E-state index is 8.88. The molecule has 1 saturated heterocycles. The normalized spacial score (nSPS) is 27.8. The number of hydrogen-bond donors (Lipinski definition) is 1. The van der Waals surface area contributed by atoms with Crippen molar-refractivity contribution in [3.63, 3.8) is 0 Å². The summed E-state index contributed by atoms with van der Waals surface area (Å²) in [7, 11) is 2.18. The molecule has 1 aromatic rings. The van der Waals surface area contributed by atoms with Crippen molar-refractivity contribution in [2.75, 3.05) is 18.9 Å². The van der Waals surface area contributed by atoms with Gasteiger partial charge in [0.15, 0.2) is 0 Å². The van der Waals surface area contributed by atoms with Crippen molar-refractivity contribution in [2.45, 2.75) is 32.4 Å². The minimum atomic E-state index is 0.454. The molecule has 1 aromatic carbocycles. The van der Waals surface area contributed by atoms with Crippen molar-refractivity contribution in [2.24, 2.45) is 5.92 Å². The van der Waals surface area contributed by atoms with Gasteiger partial charge in [-0.2, -0.15) is 5.26 Å². The number of piperidine rings is 1. The Kier molecular flexibility index (Phi) is 4.34. The van der Waals surface area contributed by atoms with Crippen LogP contribution in [0.5, 0.6) is 0 Å². The maximum Gasteiger partial charge on any atom is 0.101 e. The Hall–Kier alpha value is -1.24. The third-order valence-electron chi connectivity index (χ3n) is 4.05. The standard InChI is InChI=1S/C15H20ClN3/c1-10-9-19(3)11(2)6-15(10)18-13-5-4-12(8-17)14(16)7-13/h4-5,7,10-11,15,18H,6,9H2,1-3H3. The molecular formula is C15H20ClN3. The van der Waals surface area contributed by atoms with Crippen LogP contribution in [0.25, 0.3) is 0 Å². The molecule has 4 heteroatoms. The number of likely N-dealkylation sites (tertiary alicyclic amines) is 1. The van der Waals surface area contributed by atoms with E-state index in [1.165, 1.54) is 0 Å². The number of nitrogens with zero attached hydrogens (tertiary/aromatic N) is 2. The Bertz CT molecular complexity index is 495. The zero-order chi connectivity index (χ0) is 14.0. The van der Waals surface area contributed by atoms with E-state index in [1.807, 2.05) is 12.1 Å². The van der Waals surface area contributed by atoms with Crippen molar-refractivity contribution in [1.29, 1.82) is 5.26 Å². The van der Waals surface area contributed by atoms with E-state index in [4.69, 9.17) is 16.9 Å². The minimum Gasteiger partial charge on any atom is -0.382 e. The van der Waals surface area contributed by atoms with Gasteiger partial charge in [-0.3, -0.25) is 0 Å². The molecule has 1 aliphatic heterocycles. The van der Waals surface area contributed by atoms with Crippen LogP contribution < -0.4 is 5.32 Å². The van der Waals surface area contributed by atoms with Crippen LogP contribution in [0.2, 0.25) is 5.02 Å². The second-order valence-electron chi connectivity index (χ2n) is 5.56. The fourth-order valence-electron chi connectivity index (χ4n) is 2.65. The second-order valence-corrected chi connectivity index (χ2v) is 5.97. The molecule has 0 spiro atoms. The zero-order valence-corrected chi connectivity index (χ0v) is 12.4. The molecule has 3 unspecified atom stereocenters. The van der Waals surface area contributed by atoms with Crippen molar-refractivity contribution < 1.29 is 0 Å². The SMILES string of the molecule is CC1CN(C)C(C)CC1Nc1ccc(C#N)c(Cl)c1. The highest BCUT2D eigenvalue weighted by Gasteiger charge is 2.28. The molecule has 2 rings (SSSR count). The van der Waals surface area contributed by atoms with Crippen molar-refractivity contribution >= 4 is 17.3 Å². The summed E-state index contributed by atoms with van der Waals surface area (Å²) < 4.78 is 0. The van der Waals surface area contributed by atoms with E-state index in [1.54, 1.807) is 6.07 Å². The van der Waals surface area contributed by atoms with Gasteiger partial charge in [0.1, 0.15) is 6.07 Å². The summed E-state index contributed by atoms with van der Waals surface area (Å²) in [6.07, 6.45) is 1.12. The molecule has 19 heavy (non-hydrogen) atoms. The van der Waals surface area contributed by atoms with Gasteiger partial charge >= 0.3 is 0 Å². The van der Waals surface area contributed by atoms with Crippen LogP contribution in [0.15, 0.2) is 18.2 Å². The topological polar surface area (TPSA) is 39.1 Å². The number of hydrogen-bond acceptors (Lipinski definition) is 3. The Morgan fingerprint density at radius 3 is 2.79 bits per heavy atom. The number of nitriles is 1. The molecule has 3 atom stereocenters. The van der Waals surface area contributed by atoms with E-state index in [2.05, 4.69) is 37.2 Å². The first-order chi connectivity index (χ1) is 9.01. The molecule has 1 N–H and O–H groups in total. The minimum absolute atomic E-state index is 0.454. The maximum atomic E-state index is 8.88. The quantitative estimate of drug-likeness (QED) is 0.901. The number of rotatable bonds is 2. The summed E-state index contributed by atoms with van der Waals surface area (Å²) in [5.74, 6) is 0.593. The molecule has 0 amide bonds. The highest BCUT2D eigenvalue weighted by Crippen LogP contribution is 2.26. The van der Waals surface area contributed by atoms with E-state index in [0.717, 1.165) is 18.7 Å². The highest BCUT2D eigenvalue weighted by atomic mass is 35.5. The van der Waals surface area contributed by atoms with Gasteiger partial charge in [-0.05, 0) is 44.5 Å². The van der Waals surface area contributed by atoms with Gasteiger partial charge in [-0.15, -0.1) is 0 Å². The van der Waals surface area contributed by atoms with Gasteiger partial charge in [0.25, 0.3) is 0 Å². The van der Waals surface area contributed by atoms with Crippen LogP contribution in [0.1, 0.15) is 25.8 Å². The van der Waals surface area contributed by atoms with Gasteiger partial charge < -0.3 is 10.2 Å². The van der Waals surface area contributed by atoms with Gasteiger partial charge in [0, 0.05) is 24.3 Å². The van der Waals surface area contributed by atoms with E-state index in [0.29, 0.717) is 28.6 Å². The highest BCUT2D eigenvalue weighted by molar-refractivity contribution is 6.32. The van der Waals surface area contributed by atoms with Crippen molar-refractivity contribution in [1.82, 2.24) is 4.90 Å². The molecule has 0 aromatic heterocycles. The Labute approximate surface area is 120 Å². The molecule has 1 heterocycles. The first-order valence-electron chi connectivity index (χ1n) is 6.67. The van der Waals surface area contributed by atoms with Crippen molar-refractivity contribution in [3.8, 4) is 6.07 Å². The Balaban J connectivity index is 2.09. The third kappa shape index (κ3) is 3.20. The summed E-state index contributed by atoms with van der Waals surface area (Å²) in [5, 5.41) is 12.9. The molecule has 1 fully saturated rings. The second kappa shape index (κ2) is 5.81. The van der Waals surface area contributed by atoms with Crippen LogP contribution in [0.3, 0.4) is 0 Å². The fraction of sp³-hybridized carbons (Fsp3) is 0.533. The summed E-state index contributed by atoms with van der Waals surface area (Å²) in [6.45, 7) is 5.63. The third-order valence-corrected chi connectivity index (χ3v) is 4.36. The first-order valence-corrected chi connectivity index (χ1v) is 7.05. The lowest BCUT2D eigenvalue weighted by molar-refractivity contribution is 0.145. The van der Waals surface area contributed by atoms with Gasteiger partial charge in [0.2, 0.25) is 0 Å². The monoisotopic (exact) mass is 277 g/mol. The van der Waals surface area contributed by atoms with Crippen LogP contribution in [0.4, 0.5) is 5.69 Å². The molecule has 0 aliphatic carbocycles. The molecule has 1 aliphatic rings. The van der Waals surface area contributed by atoms with Crippen molar-refractivity contribution in [3.05, 3.63) is 28.8 Å². The summed E-state index contributed by atoms with van der Waals surface area (Å²) in [5.41, 5.74) is 1.52. The molecule has 0 bridgehead atoms. The zero-order valence-electron chi connectivity index (χ0n) is 11.7. The smallest absolute Gasteiger partial charge is 0.101 e. The summed E-state index contributed by atoms with van der Waals surface area (Å²) in [4.78, 5) is 2.40. The number of nitrogens with one attached hydrogen (secondary N) is 1. The number of halogens is 1. The Morgan fingerprint density at radius 1 is 1.42 bits per heavy atom. The summed E-state index contributed by atoms with van der Waals surface area (Å²) in [6, 6.07) is 8.67. The average molecular weight is 278 g/mol. The molecular weight excluding hydrogens is 258 g/mol. The lowest BCUT2D eigenvalue weighted by atomic mass is 9.89. The molecule has 0 radical (unpaired) electrons. The van der Waals surface area contributed by atoms with Crippen LogP contribution >= 0.6 is 11.6 Å². The predicted molar refractivity (Wildman–Crippen MR) is 79.5 cm³/mol. The predicted octanol–water partition coefficient (Wildman–Crippen LogP) is 3.35. The van der Waals surface area contributed by atoms with E-state index >= 15 is 0 Å². The first kappa shape index (κ1) is 14.2. The summed E-state index contributed by atoms with van der Waals surface area (Å²) >= 11 is 6.06. The van der Waals surface area contributed by atoms with E-state index in [9.17, 15) is 0 Å². The van der Waals surface area contributed by atoms with E-state index in [-0.39, 0.29) is 0 Å². The largest absolute Gasteiger partial charge is 0.382 e. The van der Waals surface area contributed by atoms with Crippen LogP contribution in [-0.4, -0.2) is 30.6 Å². The lowest BCUT2D eigenvalue weighted by Crippen LogP contribution is -2.48. The molecule has 3 nitrogen and oxygen atoms in total. The molecule has 0 saturated carbocycles. The van der Waals surface area contributed by atoms with Gasteiger partial charge in [-0.25, -0.2) is 0 Å². The molecule has 102 valence electrons. The average Bonchev–Trinajstić information content (AvgIpc) is 2.36. The van der Waals surface area contributed by atoms with Crippen LogP contribution in [0, 0.1) is 17.2 Å². The lowest BCUT2D eigenvalue weighted by Gasteiger charge is -2.40. The Morgan fingerprint density at radius 2 is 2.16 bits per heavy atom.